The highest BCUT2D eigenvalue weighted by atomic mass is 32.1. The lowest BCUT2D eigenvalue weighted by Gasteiger charge is -2.17. The molecule has 6 nitrogen and oxygen atoms in total. The second-order valence-electron chi connectivity index (χ2n) is 4.61. The maximum atomic E-state index is 12.6. The van der Waals surface area contributed by atoms with Gasteiger partial charge < -0.3 is 11.1 Å². The van der Waals surface area contributed by atoms with Gasteiger partial charge >= 0.3 is 12.2 Å². The fraction of sp³-hybridized carbons (Fsp3) is 0.0714. The van der Waals surface area contributed by atoms with E-state index in [1.54, 1.807) is 0 Å². The smallest absolute Gasteiger partial charge is 0.366 e. The Morgan fingerprint density at radius 1 is 1.17 bits per heavy atom. The van der Waals surface area contributed by atoms with E-state index in [1.807, 2.05) is 0 Å². The highest BCUT2D eigenvalue weighted by molar-refractivity contribution is 7.82. The van der Waals surface area contributed by atoms with Gasteiger partial charge in [0, 0.05) is 11.8 Å². The first kappa shape index (κ1) is 17.6. The summed E-state index contributed by atoms with van der Waals surface area (Å²) in [4.78, 5) is 26.4. The molecule has 0 spiro atoms. The van der Waals surface area contributed by atoms with Crippen molar-refractivity contribution in [1.29, 1.82) is 0 Å². The van der Waals surface area contributed by atoms with Gasteiger partial charge in [-0.05, 0) is 30.3 Å². The van der Waals surface area contributed by atoms with E-state index in [2.05, 4.69) is 23.1 Å². The van der Waals surface area contributed by atoms with Gasteiger partial charge in [-0.25, -0.2) is 9.10 Å². The van der Waals surface area contributed by atoms with Crippen molar-refractivity contribution in [2.75, 3.05) is 9.62 Å². The highest BCUT2D eigenvalue weighted by Gasteiger charge is 2.31. The first-order valence-corrected chi connectivity index (χ1v) is 6.80. The Hall–Kier alpha value is -2.75. The number of nitrogens with two attached hydrogens (primary N) is 1. The Morgan fingerprint density at radius 3 is 2.33 bits per heavy atom. The van der Waals surface area contributed by atoms with Crippen LogP contribution in [0, 0.1) is 0 Å². The molecule has 2 aromatic rings. The lowest BCUT2D eigenvalue weighted by atomic mass is 10.2. The summed E-state index contributed by atoms with van der Waals surface area (Å²) in [6.45, 7) is 0. The van der Waals surface area contributed by atoms with Crippen LogP contribution in [0.2, 0.25) is 0 Å². The molecular formula is C14H11F3N4O2S. The van der Waals surface area contributed by atoms with E-state index in [0.717, 1.165) is 16.6 Å². The van der Waals surface area contributed by atoms with Crippen LogP contribution in [0.3, 0.4) is 0 Å². The first-order valence-electron chi connectivity index (χ1n) is 6.40. The number of amides is 3. The number of urea groups is 1. The predicted molar refractivity (Wildman–Crippen MR) is 84.7 cm³/mol. The Labute approximate surface area is 140 Å². The number of thiol groups is 1. The molecule has 3 amide bonds. The third-order valence-corrected chi connectivity index (χ3v) is 3.32. The van der Waals surface area contributed by atoms with E-state index in [0.29, 0.717) is 11.9 Å². The molecule has 0 saturated carbocycles. The Morgan fingerprint density at radius 2 is 1.79 bits per heavy atom. The summed E-state index contributed by atoms with van der Waals surface area (Å²) in [5.41, 5.74) is 4.51. The molecule has 3 N–H and O–H groups in total. The topological polar surface area (TPSA) is 88.3 Å². The van der Waals surface area contributed by atoms with Gasteiger partial charge in [0.15, 0.2) is 0 Å². The van der Waals surface area contributed by atoms with Crippen LogP contribution in [0.5, 0.6) is 0 Å². The van der Waals surface area contributed by atoms with Gasteiger partial charge in [0.2, 0.25) is 5.91 Å². The maximum absolute atomic E-state index is 12.6. The second-order valence-corrected chi connectivity index (χ2v) is 5.01. The molecule has 0 aliphatic carbocycles. The number of benzene rings is 1. The third kappa shape index (κ3) is 4.16. The van der Waals surface area contributed by atoms with Crippen LogP contribution in [-0.2, 0) is 6.18 Å². The lowest BCUT2D eigenvalue weighted by molar-refractivity contribution is -0.137. The second kappa shape index (κ2) is 6.79. The van der Waals surface area contributed by atoms with Gasteiger partial charge in [-0.1, -0.05) is 12.8 Å². The van der Waals surface area contributed by atoms with Crippen LogP contribution in [0.25, 0.3) is 0 Å². The molecule has 0 unspecified atom stereocenters. The minimum absolute atomic E-state index is 0.136. The number of halogens is 3. The van der Waals surface area contributed by atoms with Gasteiger partial charge in [-0.2, -0.15) is 13.2 Å². The molecule has 126 valence electrons. The number of hydrogen-bond acceptors (Lipinski definition) is 4. The molecule has 0 fully saturated rings. The van der Waals surface area contributed by atoms with Crippen molar-refractivity contribution < 1.29 is 22.8 Å². The van der Waals surface area contributed by atoms with Crippen LogP contribution in [-0.4, -0.2) is 16.9 Å². The SMILES string of the molecule is NC(=O)c1ccc(N(S)C(=O)Nc2cncc(C(F)(F)F)c2)cc1. The van der Waals surface area contributed by atoms with Crippen LogP contribution in [0.15, 0.2) is 42.7 Å². The molecule has 0 aliphatic rings. The number of rotatable bonds is 3. The zero-order valence-electron chi connectivity index (χ0n) is 11.9. The van der Waals surface area contributed by atoms with Crippen molar-refractivity contribution in [2.45, 2.75) is 6.18 Å². The summed E-state index contributed by atoms with van der Waals surface area (Å²) in [7, 11) is 0. The van der Waals surface area contributed by atoms with E-state index >= 15 is 0 Å². The number of hydrogen-bond donors (Lipinski definition) is 3. The van der Waals surface area contributed by atoms with Gasteiger partial charge in [0.25, 0.3) is 0 Å². The Kier molecular flexibility index (Phi) is 4.98. The number of carbonyl (C=O) groups excluding carboxylic acids is 2. The average molecular weight is 356 g/mol. The summed E-state index contributed by atoms with van der Waals surface area (Å²) >= 11 is 3.98. The Balaban J connectivity index is 2.13. The fourth-order valence-corrected chi connectivity index (χ4v) is 1.91. The maximum Gasteiger partial charge on any atom is 0.417 e. The van der Waals surface area contributed by atoms with E-state index in [4.69, 9.17) is 5.73 Å². The van der Waals surface area contributed by atoms with Crippen LogP contribution >= 0.6 is 12.8 Å². The van der Waals surface area contributed by atoms with Crippen molar-refractivity contribution in [2.24, 2.45) is 5.73 Å². The monoisotopic (exact) mass is 356 g/mol. The summed E-state index contributed by atoms with van der Waals surface area (Å²) in [5.74, 6) is -0.633. The summed E-state index contributed by atoms with van der Waals surface area (Å²) < 4.78 is 38.7. The van der Waals surface area contributed by atoms with Gasteiger partial charge in [-0.3, -0.25) is 9.78 Å². The average Bonchev–Trinajstić information content (AvgIpc) is 2.53. The van der Waals surface area contributed by atoms with E-state index in [9.17, 15) is 22.8 Å². The first-order chi connectivity index (χ1) is 11.2. The van der Waals surface area contributed by atoms with Gasteiger partial charge in [0.1, 0.15) is 0 Å². The zero-order valence-corrected chi connectivity index (χ0v) is 12.8. The largest absolute Gasteiger partial charge is 0.417 e. The molecule has 2 rings (SSSR count). The fourth-order valence-electron chi connectivity index (χ4n) is 1.72. The quantitative estimate of drug-likeness (QED) is 0.739. The van der Waals surface area contributed by atoms with Gasteiger partial charge in [-0.15, -0.1) is 0 Å². The number of carbonyl (C=O) groups is 2. The van der Waals surface area contributed by atoms with Crippen molar-refractivity contribution in [1.82, 2.24) is 4.98 Å². The molecule has 0 atom stereocenters. The molecule has 24 heavy (non-hydrogen) atoms. The predicted octanol–water partition coefficient (Wildman–Crippen LogP) is 3.08. The van der Waals surface area contributed by atoms with Crippen molar-refractivity contribution in [3.63, 3.8) is 0 Å². The molecule has 1 heterocycles. The van der Waals surface area contributed by atoms with Crippen LogP contribution < -0.4 is 15.4 Å². The number of pyridine rings is 1. The zero-order chi connectivity index (χ0) is 17.9. The molecular weight excluding hydrogens is 345 g/mol. The lowest BCUT2D eigenvalue weighted by Crippen LogP contribution is -2.27. The van der Waals surface area contributed by atoms with Crippen LogP contribution in [0.4, 0.5) is 29.3 Å². The summed E-state index contributed by atoms with van der Waals surface area (Å²) in [6, 6.07) is 5.56. The molecule has 1 aromatic carbocycles. The number of aromatic nitrogens is 1. The molecule has 10 heteroatoms. The number of nitrogens with zero attached hydrogens (tertiary/aromatic N) is 2. The molecule has 0 aliphatic heterocycles. The third-order valence-electron chi connectivity index (χ3n) is 2.91. The van der Waals surface area contributed by atoms with E-state index < -0.39 is 23.7 Å². The van der Waals surface area contributed by atoms with Crippen molar-refractivity contribution in [3.05, 3.63) is 53.9 Å². The van der Waals surface area contributed by atoms with Crippen molar-refractivity contribution >= 4 is 36.1 Å². The van der Waals surface area contributed by atoms with E-state index in [1.165, 1.54) is 24.3 Å². The van der Waals surface area contributed by atoms with E-state index in [-0.39, 0.29) is 11.3 Å². The summed E-state index contributed by atoms with van der Waals surface area (Å²) in [5, 5.41) is 2.25. The molecule has 1 aromatic heterocycles. The van der Waals surface area contributed by atoms with Crippen LogP contribution in [0.1, 0.15) is 15.9 Å². The Bertz CT molecular complexity index is 765. The minimum Gasteiger partial charge on any atom is -0.366 e. The highest BCUT2D eigenvalue weighted by Crippen LogP contribution is 2.30. The molecule has 0 radical (unpaired) electrons. The number of alkyl halides is 3. The van der Waals surface area contributed by atoms with Gasteiger partial charge in [0.05, 0.1) is 23.1 Å². The minimum atomic E-state index is -4.57. The standard InChI is InChI=1S/C14H11F3N4O2S/c15-14(16,17)9-5-10(7-19-6-9)20-13(23)21(24)11-3-1-8(2-4-11)12(18)22/h1-7,24H,(H2,18,22)(H,20,23). The molecule has 0 saturated heterocycles. The number of nitrogens with one attached hydrogen (secondary N) is 1. The molecule has 0 bridgehead atoms. The van der Waals surface area contributed by atoms with Crippen molar-refractivity contribution in [3.8, 4) is 0 Å². The number of primary amides is 1. The summed E-state index contributed by atoms with van der Waals surface area (Å²) in [6.07, 6.45) is -2.85. The number of anilines is 2. The normalized spacial score (nSPS) is 11.0.